The molecule has 0 aromatic carbocycles. The van der Waals surface area contributed by atoms with Crippen LogP contribution in [0.5, 0.6) is 0 Å². The van der Waals surface area contributed by atoms with Crippen molar-refractivity contribution in [2.45, 2.75) is 65.5 Å². The Balaban J connectivity index is 2.45. The summed E-state index contributed by atoms with van der Waals surface area (Å²) in [6.07, 6.45) is 0. The fraction of sp³-hybridized carbons (Fsp3) is 0.769. The first kappa shape index (κ1) is 10.4. The van der Waals surface area contributed by atoms with E-state index in [1.807, 2.05) is 41.5 Å². The van der Waals surface area contributed by atoms with Gasteiger partial charge in [0.2, 0.25) is 0 Å². The summed E-state index contributed by atoms with van der Waals surface area (Å²) < 4.78 is 35.6. The summed E-state index contributed by atoms with van der Waals surface area (Å²) in [5.41, 5.74) is -0.883. The molecule has 2 heterocycles. The van der Waals surface area contributed by atoms with Crippen LogP contribution < -0.4 is 4.78 Å². The SMILES string of the molecule is [2H]C([2H])([2H])c1nc(C(C)C)sc1B1OC(C)(C)C(C)(C)O1. The van der Waals surface area contributed by atoms with Crippen LogP contribution in [0.25, 0.3) is 0 Å². The highest BCUT2D eigenvalue weighted by Gasteiger charge is 2.52. The molecule has 1 aromatic heterocycles. The van der Waals surface area contributed by atoms with Crippen molar-refractivity contribution in [1.29, 1.82) is 0 Å². The van der Waals surface area contributed by atoms with E-state index in [1.54, 1.807) is 0 Å². The molecule has 0 saturated carbocycles. The normalized spacial score (nSPS) is 25.1. The fourth-order valence-corrected chi connectivity index (χ4v) is 2.64. The first-order chi connectivity index (χ1) is 9.35. The van der Waals surface area contributed by atoms with Crippen LogP contribution >= 0.6 is 11.3 Å². The number of hydrogen-bond acceptors (Lipinski definition) is 4. The van der Waals surface area contributed by atoms with Crippen LogP contribution in [0.3, 0.4) is 0 Å². The molecule has 18 heavy (non-hydrogen) atoms. The maximum atomic E-state index is 7.70. The van der Waals surface area contributed by atoms with Gasteiger partial charge in [-0.25, -0.2) is 4.98 Å². The van der Waals surface area contributed by atoms with Gasteiger partial charge in [-0.15, -0.1) is 11.3 Å². The summed E-state index contributed by atoms with van der Waals surface area (Å²) in [5, 5.41) is 0.797. The van der Waals surface area contributed by atoms with Gasteiger partial charge in [0.15, 0.2) is 0 Å². The Morgan fingerprint density at radius 2 is 1.78 bits per heavy atom. The second kappa shape index (κ2) is 4.32. The highest BCUT2D eigenvalue weighted by atomic mass is 32.1. The average molecular weight is 270 g/mol. The Kier molecular flexibility index (Phi) is 2.50. The smallest absolute Gasteiger partial charge is 0.399 e. The van der Waals surface area contributed by atoms with Crippen LogP contribution in [-0.4, -0.2) is 23.3 Å². The molecule has 0 spiro atoms. The summed E-state index contributed by atoms with van der Waals surface area (Å²) in [6.45, 7) is 9.53. The maximum absolute atomic E-state index is 7.70. The van der Waals surface area contributed by atoms with Crippen LogP contribution in [0, 0.1) is 6.85 Å². The molecule has 100 valence electrons. The van der Waals surface area contributed by atoms with Gasteiger partial charge in [-0.2, -0.15) is 0 Å². The number of aromatic nitrogens is 1. The van der Waals surface area contributed by atoms with Gasteiger partial charge in [-0.3, -0.25) is 0 Å². The van der Waals surface area contributed by atoms with Crippen LogP contribution in [-0.2, 0) is 9.31 Å². The van der Waals surface area contributed by atoms with Crippen molar-refractivity contribution >= 4 is 23.2 Å². The van der Waals surface area contributed by atoms with Crippen molar-refractivity contribution in [2.75, 3.05) is 0 Å². The van der Waals surface area contributed by atoms with Gasteiger partial charge in [0, 0.05) is 15.7 Å². The molecular formula is C13H22BNO2S. The van der Waals surface area contributed by atoms with Gasteiger partial charge in [-0.1, -0.05) is 13.8 Å². The summed E-state index contributed by atoms with van der Waals surface area (Å²) in [6, 6.07) is 0. The van der Waals surface area contributed by atoms with Gasteiger partial charge in [-0.05, 0) is 34.5 Å². The molecule has 0 atom stereocenters. The molecule has 1 aliphatic rings. The first-order valence-corrected chi connectivity index (χ1v) is 7.03. The Hall–Kier alpha value is -0.385. The van der Waals surface area contributed by atoms with Gasteiger partial charge in [0.25, 0.3) is 0 Å². The number of nitrogens with zero attached hydrogens (tertiary/aromatic N) is 1. The summed E-state index contributed by atoms with van der Waals surface area (Å²) in [7, 11) is -0.671. The van der Waals surface area contributed by atoms with E-state index in [0.29, 0.717) is 4.78 Å². The molecule has 1 saturated heterocycles. The molecule has 3 nitrogen and oxygen atoms in total. The summed E-state index contributed by atoms with van der Waals surface area (Å²) in [4.78, 5) is 4.32. The molecule has 0 amide bonds. The molecule has 5 heteroatoms. The van der Waals surface area contributed by atoms with Crippen molar-refractivity contribution in [3.05, 3.63) is 10.7 Å². The maximum Gasteiger partial charge on any atom is 0.507 e. The van der Waals surface area contributed by atoms with Crippen molar-refractivity contribution in [2.24, 2.45) is 0 Å². The third-order valence-electron chi connectivity index (χ3n) is 3.63. The van der Waals surface area contributed by atoms with E-state index in [0.717, 1.165) is 5.01 Å². The minimum atomic E-state index is -2.26. The summed E-state index contributed by atoms with van der Waals surface area (Å²) >= 11 is 1.37. The minimum Gasteiger partial charge on any atom is -0.399 e. The molecule has 1 fully saturated rings. The number of aryl methyl sites for hydroxylation is 1. The van der Waals surface area contributed by atoms with Gasteiger partial charge in [0.1, 0.15) is 0 Å². The zero-order valence-corrected chi connectivity index (χ0v) is 12.6. The fourth-order valence-electron chi connectivity index (χ4n) is 1.71. The first-order valence-electron chi connectivity index (χ1n) is 7.72. The van der Waals surface area contributed by atoms with Gasteiger partial charge < -0.3 is 9.31 Å². The lowest BCUT2D eigenvalue weighted by molar-refractivity contribution is 0.00578. The van der Waals surface area contributed by atoms with E-state index in [9.17, 15) is 0 Å². The number of rotatable bonds is 2. The van der Waals surface area contributed by atoms with Crippen LogP contribution in [0.1, 0.15) is 62.3 Å². The molecule has 0 bridgehead atoms. The molecule has 0 N–H and O–H groups in total. The standard InChI is InChI=1S/C13H22BNO2S/c1-8(2)11-15-9(3)10(18-11)14-16-12(4,5)13(6,7)17-14/h8H,1-7H3/i3D3. The van der Waals surface area contributed by atoms with Crippen LogP contribution in [0.2, 0.25) is 0 Å². The van der Waals surface area contributed by atoms with Crippen molar-refractivity contribution in [3.63, 3.8) is 0 Å². The monoisotopic (exact) mass is 270 g/mol. The lowest BCUT2D eigenvalue weighted by Gasteiger charge is -2.32. The molecule has 1 aliphatic heterocycles. The quantitative estimate of drug-likeness (QED) is 0.774. The van der Waals surface area contributed by atoms with Gasteiger partial charge in [0.05, 0.1) is 21.0 Å². The van der Waals surface area contributed by atoms with E-state index in [-0.39, 0.29) is 11.6 Å². The van der Waals surface area contributed by atoms with Crippen LogP contribution in [0.15, 0.2) is 0 Å². The lowest BCUT2D eigenvalue weighted by atomic mass is 9.86. The predicted molar refractivity (Wildman–Crippen MR) is 76.7 cm³/mol. The molecule has 0 radical (unpaired) electrons. The predicted octanol–water partition coefficient (Wildman–Crippen LogP) is 2.87. The second-order valence-corrected chi connectivity index (χ2v) is 7.07. The average Bonchev–Trinajstić information content (AvgIpc) is 2.78. The number of thiazole rings is 1. The van der Waals surface area contributed by atoms with Crippen molar-refractivity contribution in [3.8, 4) is 0 Å². The highest BCUT2D eigenvalue weighted by molar-refractivity contribution is 7.22. The molecular weight excluding hydrogens is 245 g/mol. The second-order valence-electron chi connectivity index (χ2n) is 6.01. The largest absolute Gasteiger partial charge is 0.507 e. The topological polar surface area (TPSA) is 31.4 Å². The molecule has 0 aliphatic carbocycles. The zero-order chi connectivity index (χ0) is 16.2. The molecule has 0 unspecified atom stereocenters. The van der Waals surface area contributed by atoms with E-state index in [2.05, 4.69) is 4.98 Å². The Bertz CT molecular complexity index is 524. The van der Waals surface area contributed by atoms with E-state index in [1.165, 1.54) is 11.3 Å². The van der Waals surface area contributed by atoms with E-state index in [4.69, 9.17) is 13.4 Å². The third kappa shape index (κ3) is 2.24. The molecule has 2 rings (SSSR count). The minimum absolute atomic E-state index is 0.106. The third-order valence-corrected chi connectivity index (χ3v) is 5.01. The zero-order valence-electron chi connectivity index (χ0n) is 14.8. The van der Waals surface area contributed by atoms with Gasteiger partial charge >= 0.3 is 7.12 Å². The highest BCUT2D eigenvalue weighted by Crippen LogP contribution is 2.37. The number of hydrogen-bond donors (Lipinski definition) is 0. The Morgan fingerprint density at radius 1 is 1.22 bits per heavy atom. The summed E-state index contributed by atoms with van der Waals surface area (Å²) in [5.74, 6) is 0.173. The lowest BCUT2D eigenvalue weighted by Crippen LogP contribution is -2.41. The van der Waals surface area contributed by atoms with E-state index < -0.39 is 25.2 Å². The van der Waals surface area contributed by atoms with Crippen molar-refractivity contribution in [1.82, 2.24) is 4.98 Å². The van der Waals surface area contributed by atoms with Crippen LogP contribution in [0.4, 0.5) is 0 Å². The van der Waals surface area contributed by atoms with Crippen molar-refractivity contribution < 1.29 is 13.4 Å². The Morgan fingerprint density at radius 3 is 2.22 bits per heavy atom. The molecule has 1 aromatic rings. The Labute approximate surface area is 118 Å². The van der Waals surface area contributed by atoms with E-state index >= 15 is 0 Å².